The molecule has 1 aliphatic rings. The Labute approximate surface area is 207 Å². The Hall–Kier alpha value is -3.50. The summed E-state index contributed by atoms with van der Waals surface area (Å²) in [5.74, 6) is 0.203. The van der Waals surface area contributed by atoms with Gasteiger partial charge in [-0.3, -0.25) is 4.57 Å². The lowest BCUT2D eigenvalue weighted by Crippen LogP contribution is -2.19. The Morgan fingerprint density at radius 2 is 1.83 bits per heavy atom. The molecule has 3 heterocycles. The van der Waals surface area contributed by atoms with E-state index in [0.717, 1.165) is 35.5 Å². The predicted molar refractivity (Wildman–Crippen MR) is 140 cm³/mol. The Bertz CT molecular complexity index is 1450. The third-order valence-corrected chi connectivity index (χ3v) is 7.17. The number of fused-ring (bicyclic) bond motifs is 3. The topological polar surface area (TPSA) is 114 Å². The summed E-state index contributed by atoms with van der Waals surface area (Å²) in [4.78, 5) is 28.8. The smallest absolute Gasteiger partial charge is 0.328 e. The zero-order valence-electron chi connectivity index (χ0n) is 20.1. The average molecular weight is 492 g/mol. The normalized spacial score (nSPS) is 12.6. The van der Waals surface area contributed by atoms with Crippen LogP contribution in [0.25, 0.3) is 11.2 Å². The van der Waals surface area contributed by atoms with Crippen molar-refractivity contribution in [2.24, 2.45) is 0 Å². The maximum Gasteiger partial charge on any atom is 0.328 e. The third-order valence-electron chi connectivity index (χ3n) is 6.07. The molecule has 0 unspecified atom stereocenters. The van der Waals surface area contributed by atoms with E-state index in [1.54, 1.807) is 16.3 Å². The fraction of sp³-hybridized carbons (Fsp3) is 0.320. The molecule has 0 bridgehead atoms. The van der Waals surface area contributed by atoms with Gasteiger partial charge >= 0.3 is 11.7 Å². The minimum Gasteiger partial charge on any atom is -0.463 e. The zero-order chi connectivity index (χ0) is 24.5. The molecule has 0 radical (unpaired) electrons. The van der Waals surface area contributed by atoms with Gasteiger partial charge in [-0.15, -0.1) is 0 Å². The first-order valence-corrected chi connectivity index (χ1v) is 12.5. The molecule has 0 atom stereocenters. The molecule has 10 heteroatoms. The number of aromatic nitrogens is 4. The van der Waals surface area contributed by atoms with Crippen LogP contribution in [0.5, 0.6) is 6.01 Å². The van der Waals surface area contributed by atoms with Crippen molar-refractivity contribution >= 4 is 40.1 Å². The van der Waals surface area contributed by atoms with Crippen molar-refractivity contribution in [1.29, 1.82) is 0 Å². The van der Waals surface area contributed by atoms with Crippen molar-refractivity contribution in [2.45, 2.75) is 42.6 Å². The number of nitrogens with two attached hydrogens (primary N) is 1. The van der Waals surface area contributed by atoms with E-state index in [-0.39, 0.29) is 17.5 Å². The van der Waals surface area contributed by atoms with Gasteiger partial charge in [-0.2, -0.15) is 9.97 Å². The van der Waals surface area contributed by atoms with Crippen LogP contribution >= 0.6 is 11.8 Å². The predicted octanol–water partition coefficient (Wildman–Crippen LogP) is 3.88. The summed E-state index contributed by atoms with van der Waals surface area (Å²) >= 11 is 1.75. The second kappa shape index (κ2) is 9.63. The molecule has 4 aromatic rings. The molecule has 182 valence electrons. The highest BCUT2D eigenvalue weighted by atomic mass is 32.2. The number of nitrogens with one attached hydrogen (secondary N) is 2. The van der Waals surface area contributed by atoms with E-state index in [1.807, 2.05) is 13.1 Å². The molecule has 0 fully saturated rings. The Morgan fingerprint density at radius 3 is 2.54 bits per heavy atom. The summed E-state index contributed by atoms with van der Waals surface area (Å²) in [6.07, 6.45) is 1.89. The number of unbranched alkanes of at least 4 members (excludes halogenated alkanes) is 1. The molecule has 4 N–H and O–H groups in total. The van der Waals surface area contributed by atoms with Crippen LogP contribution in [0, 0.1) is 0 Å². The van der Waals surface area contributed by atoms with Gasteiger partial charge in [0.25, 0.3) is 0 Å². The van der Waals surface area contributed by atoms with E-state index in [0.29, 0.717) is 24.3 Å². The standard InChI is InChI=1S/C25H29N7O2S/c1-4-5-10-34-24-29-22(26)21-23(30-24)32(25(33)28-21)14-16-7-9-18-20(12-16)35-19-11-15(13-27-2)6-8-17(19)31(18)3/h6-9,11-12,27H,4-5,10,13-14H2,1-3H3,(H,28,33)(H2,26,29,30). The molecule has 0 saturated heterocycles. The van der Waals surface area contributed by atoms with Crippen molar-refractivity contribution in [1.82, 2.24) is 24.8 Å². The average Bonchev–Trinajstić information content (AvgIpc) is 3.15. The molecule has 5 rings (SSSR count). The van der Waals surface area contributed by atoms with Crippen molar-refractivity contribution < 1.29 is 4.74 Å². The van der Waals surface area contributed by atoms with Crippen LogP contribution in [0.1, 0.15) is 30.9 Å². The van der Waals surface area contributed by atoms with Crippen molar-refractivity contribution in [2.75, 3.05) is 31.3 Å². The molecular formula is C25H29N7O2S. The van der Waals surface area contributed by atoms with Crippen LogP contribution in [0.4, 0.5) is 17.2 Å². The summed E-state index contributed by atoms with van der Waals surface area (Å²) in [5, 5.41) is 3.21. The maximum absolute atomic E-state index is 12.8. The fourth-order valence-electron chi connectivity index (χ4n) is 4.23. The van der Waals surface area contributed by atoms with E-state index in [9.17, 15) is 4.79 Å². The number of nitrogens with zero attached hydrogens (tertiary/aromatic N) is 4. The summed E-state index contributed by atoms with van der Waals surface area (Å²) < 4.78 is 7.23. The third kappa shape index (κ3) is 4.46. The van der Waals surface area contributed by atoms with Crippen molar-refractivity contribution in [3.8, 4) is 6.01 Å². The molecule has 0 spiro atoms. The second-order valence-corrected chi connectivity index (χ2v) is 9.69. The van der Waals surface area contributed by atoms with Gasteiger partial charge in [0, 0.05) is 23.4 Å². The van der Waals surface area contributed by atoms with Gasteiger partial charge in [-0.25, -0.2) is 4.79 Å². The van der Waals surface area contributed by atoms with Gasteiger partial charge in [0.1, 0.15) is 5.52 Å². The molecule has 0 amide bonds. The van der Waals surface area contributed by atoms with Crippen molar-refractivity contribution in [3.05, 3.63) is 58.0 Å². The Kier molecular flexibility index (Phi) is 6.40. The van der Waals surface area contributed by atoms with Crippen LogP contribution < -0.4 is 26.4 Å². The van der Waals surface area contributed by atoms with E-state index in [4.69, 9.17) is 10.5 Å². The zero-order valence-corrected chi connectivity index (χ0v) is 20.9. The van der Waals surface area contributed by atoms with Crippen LogP contribution in [0.3, 0.4) is 0 Å². The quantitative estimate of drug-likeness (QED) is 0.318. The SMILES string of the molecule is CCCCOc1nc(N)c2[nH]c(=O)n(Cc3ccc4c(c3)Sc3cc(CNC)ccc3N4C)c2n1. The molecular weight excluding hydrogens is 462 g/mol. The van der Waals surface area contributed by atoms with Gasteiger partial charge < -0.3 is 25.7 Å². The molecule has 35 heavy (non-hydrogen) atoms. The van der Waals surface area contributed by atoms with Gasteiger partial charge in [-0.05, 0) is 48.9 Å². The number of rotatable bonds is 8. The van der Waals surface area contributed by atoms with Crippen LogP contribution in [0.15, 0.2) is 51.0 Å². The summed E-state index contributed by atoms with van der Waals surface area (Å²) in [6.45, 7) is 3.76. The number of ether oxygens (including phenoxy) is 1. The minimum absolute atomic E-state index is 0.188. The van der Waals surface area contributed by atoms with Gasteiger partial charge in [0.2, 0.25) is 0 Å². The monoisotopic (exact) mass is 491 g/mol. The van der Waals surface area contributed by atoms with Crippen LogP contribution in [-0.4, -0.2) is 40.2 Å². The maximum atomic E-state index is 12.8. The molecule has 2 aromatic carbocycles. The number of nitrogen functional groups attached to an aromatic ring is 1. The lowest BCUT2D eigenvalue weighted by molar-refractivity contribution is 0.286. The molecule has 0 saturated carbocycles. The van der Waals surface area contributed by atoms with Crippen LogP contribution in [-0.2, 0) is 13.1 Å². The van der Waals surface area contributed by atoms with E-state index < -0.39 is 0 Å². The molecule has 1 aliphatic heterocycles. The highest BCUT2D eigenvalue weighted by molar-refractivity contribution is 7.99. The minimum atomic E-state index is -0.281. The molecule has 0 aliphatic carbocycles. The van der Waals surface area contributed by atoms with E-state index in [1.165, 1.54) is 16.1 Å². The lowest BCUT2D eigenvalue weighted by Gasteiger charge is -2.30. The molecule has 2 aromatic heterocycles. The Morgan fingerprint density at radius 1 is 1.11 bits per heavy atom. The number of benzene rings is 2. The van der Waals surface area contributed by atoms with Crippen LogP contribution in [0.2, 0.25) is 0 Å². The van der Waals surface area contributed by atoms with Gasteiger partial charge in [0.15, 0.2) is 11.5 Å². The first-order chi connectivity index (χ1) is 17.0. The Balaban J connectivity index is 1.46. The highest BCUT2D eigenvalue weighted by Gasteiger charge is 2.22. The first-order valence-electron chi connectivity index (χ1n) is 11.7. The lowest BCUT2D eigenvalue weighted by atomic mass is 10.1. The van der Waals surface area contributed by atoms with Gasteiger partial charge in [-0.1, -0.05) is 37.2 Å². The first kappa shape index (κ1) is 23.3. The summed E-state index contributed by atoms with van der Waals surface area (Å²) in [6, 6.07) is 13.0. The number of hydrogen-bond acceptors (Lipinski definition) is 8. The largest absolute Gasteiger partial charge is 0.463 e. The highest BCUT2D eigenvalue weighted by Crippen LogP contribution is 2.48. The summed E-state index contributed by atoms with van der Waals surface area (Å²) in [7, 11) is 4.03. The number of H-pyrrole nitrogens is 1. The fourth-order valence-corrected chi connectivity index (χ4v) is 5.50. The number of aromatic amines is 1. The second-order valence-electron chi connectivity index (χ2n) is 8.60. The van der Waals surface area contributed by atoms with Gasteiger partial charge in [0.05, 0.1) is 24.5 Å². The number of anilines is 3. The number of imidazole rings is 1. The van der Waals surface area contributed by atoms with E-state index >= 15 is 0 Å². The molecule has 9 nitrogen and oxygen atoms in total. The van der Waals surface area contributed by atoms with Crippen molar-refractivity contribution in [3.63, 3.8) is 0 Å². The number of hydrogen-bond donors (Lipinski definition) is 3. The van der Waals surface area contributed by atoms with E-state index in [2.05, 4.69) is 69.5 Å². The summed E-state index contributed by atoms with van der Waals surface area (Å²) in [5.41, 5.74) is 11.2.